The quantitative estimate of drug-likeness (QED) is 0.607. The zero-order chi connectivity index (χ0) is 18.4. The molecule has 2 aromatic rings. The Bertz CT molecular complexity index is 713. The first kappa shape index (κ1) is 18.2. The number of nitrogens with zero attached hydrogens (tertiary/aromatic N) is 3. The van der Waals surface area contributed by atoms with Crippen molar-refractivity contribution in [2.45, 2.75) is 13.5 Å². The van der Waals surface area contributed by atoms with Gasteiger partial charge >= 0.3 is 6.09 Å². The van der Waals surface area contributed by atoms with E-state index in [2.05, 4.69) is 4.98 Å². The summed E-state index contributed by atoms with van der Waals surface area (Å²) in [5.41, 5.74) is 0.943. The number of rotatable bonds is 5. The Morgan fingerprint density at radius 1 is 1.19 bits per heavy atom. The first-order valence-corrected chi connectivity index (χ1v) is 8.74. The van der Waals surface area contributed by atoms with Gasteiger partial charge in [0.25, 0.3) is 0 Å². The number of quaternary nitrogens is 1. The molecular weight excluding hydrogens is 334 g/mol. The van der Waals surface area contributed by atoms with Crippen molar-refractivity contribution in [3.8, 4) is 11.6 Å². The summed E-state index contributed by atoms with van der Waals surface area (Å²) in [5, 5.41) is 12.9. The van der Waals surface area contributed by atoms with E-state index in [1.165, 1.54) is 0 Å². The third-order valence-corrected chi connectivity index (χ3v) is 4.34. The first-order chi connectivity index (χ1) is 12.6. The highest BCUT2D eigenvalue weighted by atomic mass is 16.6. The predicted molar refractivity (Wildman–Crippen MR) is 96.4 cm³/mol. The normalized spacial score (nSPS) is 16.2. The molecule has 138 valence electrons. The number of pyridine rings is 1. The Morgan fingerprint density at radius 2 is 1.92 bits per heavy atom. The molecule has 0 radical (unpaired) electrons. The highest BCUT2D eigenvalue weighted by Crippen LogP contribution is 2.22. The van der Waals surface area contributed by atoms with Gasteiger partial charge in [-0.3, -0.25) is 4.90 Å². The van der Waals surface area contributed by atoms with Gasteiger partial charge in [-0.25, -0.2) is 9.78 Å². The maximum atomic E-state index is 12.9. The summed E-state index contributed by atoms with van der Waals surface area (Å²) < 4.78 is 10.3. The summed E-state index contributed by atoms with van der Waals surface area (Å²) in [4.78, 5) is 17.4. The van der Waals surface area contributed by atoms with E-state index in [0.717, 1.165) is 5.56 Å². The minimum absolute atomic E-state index is 0.337. The number of amides is 1. The predicted octanol–water partition coefficient (Wildman–Crippen LogP) is 3.16. The molecule has 7 heteroatoms. The van der Waals surface area contributed by atoms with Crippen molar-refractivity contribution in [3.05, 3.63) is 59.4 Å². The van der Waals surface area contributed by atoms with Gasteiger partial charge in [-0.2, -0.15) is 0 Å². The second-order valence-electron chi connectivity index (χ2n) is 6.26. The van der Waals surface area contributed by atoms with Crippen LogP contribution >= 0.6 is 0 Å². The zero-order valence-corrected chi connectivity index (χ0v) is 14.8. The van der Waals surface area contributed by atoms with Crippen molar-refractivity contribution in [3.63, 3.8) is 0 Å². The van der Waals surface area contributed by atoms with Gasteiger partial charge in [-0.05, 0) is 37.3 Å². The zero-order valence-electron chi connectivity index (χ0n) is 14.8. The first-order valence-electron chi connectivity index (χ1n) is 8.74. The molecule has 1 aromatic heterocycles. The van der Waals surface area contributed by atoms with Crippen molar-refractivity contribution < 1.29 is 18.9 Å². The number of ether oxygens (including phenoxy) is 2. The number of hydrogen-bond donors (Lipinski definition) is 0. The van der Waals surface area contributed by atoms with E-state index in [4.69, 9.17) is 9.47 Å². The van der Waals surface area contributed by atoms with Crippen LogP contribution < -0.4 is 4.74 Å². The highest BCUT2D eigenvalue weighted by Gasteiger charge is 2.28. The van der Waals surface area contributed by atoms with Gasteiger partial charge in [0, 0.05) is 17.8 Å². The molecule has 0 unspecified atom stereocenters. The molecule has 7 nitrogen and oxygen atoms in total. The van der Waals surface area contributed by atoms with Gasteiger partial charge in [0.1, 0.15) is 12.3 Å². The standard InChI is InChI=1S/C19H23N3O4/c1-2-25-19(23)21-11-13-22(24,14-12-21)15-16-6-8-17(9-7-16)26-18-5-3-4-10-20-18/h3-10H,2,11-15H2,1H3. The SMILES string of the molecule is CCOC(=O)N1CC[N+]([O-])(Cc2ccc(Oc3ccccn3)cc2)CC1. The van der Waals surface area contributed by atoms with Crippen LogP contribution in [0, 0.1) is 5.21 Å². The highest BCUT2D eigenvalue weighted by molar-refractivity contribution is 5.67. The van der Waals surface area contributed by atoms with E-state index in [0.29, 0.717) is 51.0 Å². The number of benzene rings is 1. The Labute approximate surface area is 152 Å². The minimum atomic E-state index is -0.338. The summed E-state index contributed by atoms with van der Waals surface area (Å²) in [6.07, 6.45) is 1.33. The molecule has 1 aromatic carbocycles. The Kier molecular flexibility index (Phi) is 5.70. The van der Waals surface area contributed by atoms with E-state index < -0.39 is 0 Å². The smallest absolute Gasteiger partial charge is 0.410 e. The van der Waals surface area contributed by atoms with Crippen LogP contribution in [0.1, 0.15) is 12.5 Å². The molecule has 1 saturated heterocycles. The molecule has 2 heterocycles. The van der Waals surface area contributed by atoms with E-state index in [-0.39, 0.29) is 10.7 Å². The number of hydroxylamine groups is 3. The van der Waals surface area contributed by atoms with Gasteiger partial charge in [0.2, 0.25) is 5.88 Å². The second-order valence-corrected chi connectivity index (χ2v) is 6.26. The van der Waals surface area contributed by atoms with Gasteiger partial charge < -0.3 is 19.3 Å². The van der Waals surface area contributed by atoms with E-state index in [1.54, 1.807) is 24.1 Å². The second kappa shape index (κ2) is 8.16. The van der Waals surface area contributed by atoms with E-state index >= 15 is 0 Å². The van der Waals surface area contributed by atoms with E-state index in [9.17, 15) is 10.0 Å². The number of hydrogen-bond acceptors (Lipinski definition) is 5. The van der Waals surface area contributed by atoms with Gasteiger partial charge in [0.05, 0.1) is 32.8 Å². The Hall–Kier alpha value is -2.64. The Balaban J connectivity index is 1.55. The maximum absolute atomic E-state index is 12.9. The monoisotopic (exact) mass is 357 g/mol. The molecule has 1 aliphatic heterocycles. The van der Waals surface area contributed by atoms with Crippen LogP contribution in [0.4, 0.5) is 4.79 Å². The molecule has 1 amide bonds. The third-order valence-electron chi connectivity index (χ3n) is 4.34. The molecule has 0 spiro atoms. The topological polar surface area (TPSA) is 74.7 Å². The van der Waals surface area contributed by atoms with E-state index in [1.807, 2.05) is 36.4 Å². The van der Waals surface area contributed by atoms with Crippen LogP contribution in [-0.4, -0.2) is 53.4 Å². The van der Waals surface area contributed by atoms with Crippen LogP contribution in [0.5, 0.6) is 11.6 Å². The summed E-state index contributed by atoms with van der Waals surface area (Å²) in [6, 6.07) is 12.9. The van der Waals surface area contributed by atoms with Crippen molar-refractivity contribution in [2.24, 2.45) is 0 Å². The van der Waals surface area contributed by atoms with Crippen LogP contribution in [0.15, 0.2) is 48.7 Å². The average Bonchev–Trinajstić information content (AvgIpc) is 2.65. The maximum Gasteiger partial charge on any atom is 0.410 e. The summed E-state index contributed by atoms with van der Waals surface area (Å²) in [6.45, 7) is 4.07. The van der Waals surface area contributed by atoms with Crippen molar-refractivity contribution in [1.29, 1.82) is 0 Å². The van der Waals surface area contributed by atoms with Crippen LogP contribution in [0.25, 0.3) is 0 Å². The van der Waals surface area contributed by atoms with Crippen molar-refractivity contribution in [1.82, 2.24) is 9.88 Å². The molecule has 3 rings (SSSR count). The summed E-state index contributed by atoms with van der Waals surface area (Å²) in [5.74, 6) is 1.21. The summed E-state index contributed by atoms with van der Waals surface area (Å²) >= 11 is 0. The lowest BCUT2D eigenvalue weighted by Gasteiger charge is -2.47. The van der Waals surface area contributed by atoms with Gasteiger partial charge in [0.15, 0.2) is 0 Å². The fourth-order valence-electron chi connectivity index (χ4n) is 2.91. The minimum Gasteiger partial charge on any atom is -0.632 e. The third kappa shape index (κ3) is 4.71. The number of piperazine rings is 1. The molecule has 0 aliphatic carbocycles. The van der Waals surface area contributed by atoms with Crippen molar-refractivity contribution >= 4 is 6.09 Å². The molecule has 26 heavy (non-hydrogen) atoms. The van der Waals surface area contributed by atoms with Crippen LogP contribution in [0.2, 0.25) is 0 Å². The number of carbonyl (C=O) groups is 1. The molecule has 1 aliphatic rings. The average molecular weight is 357 g/mol. The molecule has 0 atom stereocenters. The molecule has 1 fully saturated rings. The lowest BCUT2D eigenvalue weighted by atomic mass is 10.2. The fraction of sp³-hybridized carbons (Fsp3) is 0.368. The van der Waals surface area contributed by atoms with Crippen LogP contribution in [-0.2, 0) is 11.3 Å². The molecular formula is C19H23N3O4. The lowest BCUT2D eigenvalue weighted by Crippen LogP contribution is -2.56. The largest absolute Gasteiger partial charge is 0.632 e. The number of aromatic nitrogens is 1. The molecule has 0 bridgehead atoms. The number of carbonyl (C=O) groups excluding carboxylic acids is 1. The van der Waals surface area contributed by atoms with Crippen molar-refractivity contribution in [2.75, 3.05) is 32.8 Å². The van der Waals surface area contributed by atoms with Gasteiger partial charge in [-0.1, -0.05) is 6.07 Å². The molecule has 0 N–H and O–H groups in total. The fourth-order valence-corrected chi connectivity index (χ4v) is 2.91. The Morgan fingerprint density at radius 3 is 2.54 bits per heavy atom. The lowest BCUT2D eigenvalue weighted by molar-refractivity contribution is -0.897. The van der Waals surface area contributed by atoms with Gasteiger partial charge in [-0.15, -0.1) is 0 Å². The molecule has 0 saturated carbocycles. The summed E-state index contributed by atoms with van der Waals surface area (Å²) in [7, 11) is 0. The van der Waals surface area contributed by atoms with Crippen LogP contribution in [0.3, 0.4) is 0 Å².